The average molecular weight is 237 g/mol. The topological polar surface area (TPSA) is 59.2 Å². The zero-order valence-corrected chi connectivity index (χ0v) is 10.5. The summed E-state index contributed by atoms with van der Waals surface area (Å²) in [6, 6.07) is 0.351. The van der Waals surface area contributed by atoms with Crippen molar-refractivity contribution in [1.82, 2.24) is 15.0 Å². The molecular weight excluding hydrogens is 218 g/mol. The second-order valence-electron chi connectivity index (χ2n) is 4.63. The van der Waals surface area contributed by atoms with Crippen molar-refractivity contribution >= 4 is 5.78 Å². The van der Waals surface area contributed by atoms with Gasteiger partial charge in [0, 0.05) is 18.9 Å². The van der Waals surface area contributed by atoms with E-state index < -0.39 is 0 Å². The Morgan fingerprint density at radius 1 is 1.59 bits per heavy atom. The maximum Gasteiger partial charge on any atom is 0.240 e. The number of ketones is 1. The van der Waals surface area contributed by atoms with Gasteiger partial charge >= 0.3 is 0 Å². The lowest BCUT2D eigenvalue weighted by Crippen LogP contribution is -2.30. The maximum absolute atomic E-state index is 11.2. The summed E-state index contributed by atoms with van der Waals surface area (Å²) in [6.45, 7) is 5.34. The number of aryl methyl sites for hydroxylation is 1. The van der Waals surface area contributed by atoms with Crippen LogP contribution in [0.1, 0.15) is 44.8 Å². The fraction of sp³-hybridized carbons (Fsp3) is 0.750. The van der Waals surface area contributed by atoms with Crippen LogP contribution in [0.25, 0.3) is 0 Å². The molecule has 0 aliphatic carbocycles. The molecule has 94 valence electrons. The minimum Gasteiger partial charge on any atom is -0.338 e. The standard InChI is InChI=1S/C12H19N3O2/c1-3-11-13-12(17-14-11)8-15-6-4-5-10(15)7-9(2)16/h10H,3-8H2,1-2H3. The molecule has 0 bridgehead atoms. The number of carbonyl (C=O) groups excluding carboxylic acids is 1. The van der Waals surface area contributed by atoms with Crippen molar-refractivity contribution in [2.45, 2.75) is 52.1 Å². The Morgan fingerprint density at radius 3 is 3.06 bits per heavy atom. The third kappa shape index (κ3) is 3.12. The first-order valence-corrected chi connectivity index (χ1v) is 6.24. The highest BCUT2D eigenvalue weighted by molar-refractivity contribution is 5.76. The van der Waals surface area contributed by atoms with Crippen LogP contribution in [0.3, 0.4) is 0 Å². The van der Waals surface area contributed by atoms with E-state index in [4.69, 9.17) is 4.52 Å². The third-order valence-electron chi connectivity index (χ3n) is 3.19. The summed E-state index contributed by atoms with van der Waals surface area (Å²) in [7, 11) is 0. The van der Waals surface area contributed by atoms with E-state index in [9.17, 15) is 4.79 Å². The van der Waals surface area contributed by atoms with Gasteiger partial charge in [-0.15, -0.1) is 0 Å². The number of nitrogens with zero attached hydrogens (tertiary/aromatic N) is 3. The van der Waals surface area contributed by atoms with Gasteiger partial charge in [-0.2, -0.15) is 4.98 Å². The van der Waals surface area contributed by atoms with Crippen molar-refractivity contribution in [2.75, 3.05) is 6.54 Å². The number of rotatable bonds is 5. The van der Waals surface area contributed by atoms with Gasteiger partial charge in [-0.25, -0.2) is 0 Å². The Labute approximate surface area is 101 Å². The molecule has 0 aromatic carbocycles. The first kappa shape index (κ1) is 12.2. The first-order valence-electron chi connectivity index (χ1n) is 6.24. The lowest BCUT2D eigenvalue weighted by Gasteiger charge is -2.21. The molecular formula is C12H19N3O2. The summed E-state index contributed by atoms with van der Waals surface area (Å²) in [6.07, 6.45) is 3.66. The molecule has 1 saturated heterocycles. The Bertz CT molecular complexity index is 389. The van der Waals surface area contributed by atoms with Crippen molar-refractivity contribution in [2.24, 2.45) is 0 Å². The Morgan fingerprint density at radius 2 is 2.41 bits per heavy atom. The first-order chi connectivity index (χ1) is 8.19. The van der Waals surface area contributed by atoms with E-state index in [0.29, 0.717) is 24.9 Å². The molecule has 1 aromatic heterocycles. The normalized spacial score (nSPS) is 20.9. The summed E-state index contributed by atoms with van der Waals surface area (Å²) in [5, 5.41) is 3.88. The van der Waals surface area contributed by atoms with Gasteiger partial charge in [-0.05, 0) is 26.3 Å². The fourth-order valence-corrected chi connectivity index (χ4v) is 2.34. The molecule has 0 saturated carbocycles. The summed E-state index contributed by atoms with van der Waals surface area (Å²) < 4.78 is 5.18. The van der Waals surface area contributed by atoms with E-state index in [1.807, 2.05) is 6.92 Å². The van der Waals surface area contributed by atoms with Gasteiger partial charge < -0.3 is 4.52 Å². The number of hydrogen-bond acceptors (Lipinski definition) is 5. The van der Waals surface area contributed by atoms with Crippen molar-refractivity contribution in [3.05, 3.63) is 11.7 Å². The highest BCUT2D eigenvalue weighted by Gasteiger charge is 2.26. The molecule has 2 rings (SSSR count). The zero-order valence-electron chi connectivity index (χ0n) is 10.5. The minimum atomic E-state index is 0.252. The highest BCUT2D eigenvalue weighted by Crippen LogP contribution is 2.22. The summed E-state index contributed by atoms with van der Waals surface area (Å²) in [5.41, 5.74) is 0. The van der Waals surface area contributed by atoms with Gasteiger partial charge in [0.15, 0.2) is 5.82 Å². The molecule has 0 radical (unpaired) electrons. The molecule has 1 aromatic rings. The Balaban J connectivity index is 1.95. The second kappa shape index (κ2) is 5.40. The maximum atomic E-state index is 11.2. The number of aromatic nitrogens is 2. The molecule has 0 amide bonds. The van der Waals surface area contributed by atoms with Crippen molar-refractivity contribution in [1.29, 1.82) is 0 Å². The number of hydrogen-bond donors (Lipinski definition) is 0. The average Bonchev–Trinajstić information content (AvgIpc) is 2.89. The van der Waals surface area contributed by atoms with Crippen LogP contribution < -0.4 is 0 Å². The zero-order chi connectivity index (χ0) is 12.3. The molecule has 1 fully saturated rings. The summed E-state index contributed by atoms with van der Waals surface area (Å²) in [5.74, 6) is 1.67. The summed E-state index contributed by atoms with van der Waals surface area (Å²) >= 11 is 0. The SMILES string of the molecule is CCc1noc(CN2CCCC2CC(C)=O)n1. The molecule has 5 nitrogen and oxygen atoms in total. The van der Waals surface area contributed by atoms with Crippen LogP contribution in [-0.2, 0) is 17.8 Å². The lowest BCUT2D eigenvalue weighted by atomic mass is 10.1. The second-order valence-corrected chi connectivity index (χ2v) is 4.63. The van der Waals surface area contributed by atoms with E-state index in [2.05, 4.69) is 15.0 Å². The van der Waals surface area contributed by atoms with Gasteiger partial charge in [0.1, 0.15) is 5.78 Å². The molecule has 2 heterocycles. The summed E-state index contributed by atoms with van der Waals surface area (Å²) in [4.78, 5) is 17.7. The van der Waals surface area contributed by atoms with Crippen molar-refractivity contribution < 1.29 is 9.32 Å². The van der Waals surface area contributed by atoms with E-state index in [-0.39, 0.29) is 5.78 Å². The van der Waals surface area contributed by atoms with Gasteiger partial charge in [0.25, 0.3) is 0 Å². The van der Waals surface area contributed by atoms with E-state index in [1.165, 1.54) is 0 Å². The van der Waals surface area contributed by atoms with Gasteiger partial charge in [0.05, 0.1) is 6.54 Å². The lowest BCUT2D eigenvalue weighted by molar-refractivity contribution is -0.118. The van der Waals surface area contributed by atoms with Crippen LogP contribution in [-0.4, -0.2) is 33.4 Å². The number of Topliss-reactive ketones (excluding diaryl/α,β-unsaturated/α-hetero) is 1. The van der Waals surface area contributed by atoms with Crippen LogP contribution in [0, 0.1) is 0 Å². The Kier molecular flexibility index (Phi) is 3.89. The fourth-order valence-electron chi connectivity index (χ4n) is 2.34. The molecule has 1 aliphatic heterocycles. The van der Waals surface area contributed by atoms with Gasteiger partial charge in [-0.3, -0.25) is 9.69 Å². The van der Waals surface area contributed by atoms with Crippen LogP contribution >= 0.6 is 0 Å². The van der Waals surface area contributed by atoms with E-state index in [0.717, 1.165) is 31.6 Å². The predicted molar refractivity (Wildman–Crippen MR) is 62.4 cm³/mol. The van der Waals surface area contributed by atoms with Crippen LogP contribution in [0.5, 0.6) is 0 Å². The van der Waals surface area contributed by atoms with E-state index in [1.54, 1.807) is 6.92 Å². The predicted octanol–water partition coefficient (Wildman–Crippen LogP) is 1.58. The largest absolute Gasteiger partial charge is 0.338 e. The molecule has 0 N–H and O–H groups in total. The smallest absolute Gasteiger partial charge is 0.240 e. The molecule has 17 heavy (non-hydrogen) atoms. The molecule has 0 spiro atoms. The van der Waals surface area contributed by atoms with Crippen molar-refractivity contribution in [3.63, 3.8) is 0 Å². The number of carbonyl (C=O) groups is 1. The molecule has 1 atom stereocenters. The quantitative estimate of drug-likeness (QED) is 0.778. The Hall–Kier alpha value is -1.23. The minimum absolute atomic E-state index is 0.252. The molecule has 1 unspecified atom stereocenters. The monoisotopic (exact) mass is 237 g/mol. The molecule has 1 aliphatic rings. The number of likely N-dealkylation sites (tertiary alicyclic amines) is 1. The van der Waals surface area contributed by atoms with Gasteiger partial charge in [-0.1, -0.05) is 12.1 Å². The van der Waals surface area contributed by atoms with Crippen LogP contribution in [0.2, 0.25) is 0 Å². The van der Waals surface area contributed by atoms with Crippen LogP contribution in [0.4, 0.5) is 0 Å². The van der Waals surface area contributed by atoms with Crippen molar-refractivity contribution in [3.8, 4) is 0 Å². The molecule has 5 heteroatoms. The van der Waals surface area contributed by atoms with Crippen LogP contribution in [0.15, 0.2) is 4.52 Å². The highest BCUT2D eigenvalue weighted by atomic mass is 16.5. The third-order valence-corrected chi connectivity index (χ3v) is 3.19. The van der Waals surface area contributed by atoms with Gasteiger partial charge in [0.2, 0.25) is 5.89 Å². The van der Waals surface area contributed by atoms with E-state index >= 15 is 0 Å².